The average molecular weight is 232 g/mol. The summed E-state index contributed by atoms with van der Waals surface area (Å²) in [6.45, 7) is 7.64. The Labute approximate surface area is 92.7 Å². The van der Waals surface area contributed by atoms with Gasteiger partial charge in [0.05, 0.1) is 6.61 Å². The van der Waals surface area contributed by atoms with Crippen LogP contribution in [-0.4, -0.2) is 24.4 Å². The third-order valence-electron chi connectivity index (χ3n) is 1.93. The van der Waals surface area contributed by atoms with Crippen LogP contribution in [0.15, 0.2) is 0 Å². The highest BCUT2D eigenvalue weighted by molar-refractivity contribution is 7.61. The second-order valence-corrected chi connectivity index (χ2v) is 5.47. The minimum atomic E-state index is -3.22. The summed E-state index contributed by atoms with van der Waals surface area (Å²) >= 11 is 0. The van der Waals surface area contributed by atoms with E-state index in [2.05, 4.69) is 0 Å². The standard InChI is InChI=1S/C10H21N2O2P/c1-4-7-12(8-5-2)15(13,10-11)14-9-6-3/h4-9H2,1-3H3. The first-order valence-electron chi connectivity index (χ1n) is 5.55. The van der Waals surface area contributed by atoms with Crippen molar-refractivity contribution in [3.8, 4) is 5.81 Å². The minimum Gasteiger partial charge on any atom is -0.307 e. The molecule has 4 nitrogen and oxygen atoms in total. The zero-order chi connectivity index (χ0) is 11.7. The van der Waals surface area contributed by atoms with E-state index < -0.39 is 7.52 Å². The molecule has 0 aliphatic rings. The second kappa shape index (κ2) is 7.87. The molecule has 0 aliphatic carbocycles. The molecule has 15 heavy (non-hydrogen) atoms. The van der Waals surface area contributed by atoms with Gasteiger partial charge in [0, 0.05) is 13.1 Å². The zero-order valence-corrected chi connectivity index (χ0v) is 10.8. The van der Waals surface area contributed by atoms with E-state index in [0.717, 1.165) is 19.3 Å². The van der Waals surface area contributed by atoms with Crippen LogP contribution in [0.2, 0.25) is 0 Å². The van der Waals surface area contributed by atoms with E-state index in [1.807, 2.05) is 26.6 Å². The number of rotatable bonds is 8. The van der Waals surface area contributed by atoms with E-state index in [1.165, 1.54) is 0 Å². The van der Waals surface area contributed by atoms with Crippen molar-refractivity contribution in [1.29, 1.82) is 5.26 Å². The lowest BCUT2D eigenvalue weighted by Gasteiger charge is -2.25. The Balaban J connectivity index is 4.55. The van der Waals surface area contributed by atoms with Gasteiger partial charge in [0.15, 0.2) is 5.81 Å². The van der Waals surface area contributed by atoms with Crippen LogP contribution in [0.25, 0.3) is 0 Å². The highest BCUT2D eigenvalue weighted by atomic mass is 31.2. The second-order valence-electron chi connectivity index (χ2n) is 3.41. The van der Waals surface area contributed by atoms with E-state index in [4.69, 9.17) is 9.79 Å². The predicted molar refractivity (Wildman–Crippen MR) is 61.6 cm³/mol. The Morgan fingerprint density at radius 2 is 1.73 bits per heavy atom. The highest BCUT2D eigenvalue weighted by Crippen LogP contribution is 2.49. The van der Waals surface area contributed by atoms with Crippen LogP contribution < -0.4 is 0 Å². The molecule has 0 rings (SSSR count). The molecule has 0 aliphatic heterocycles. The normalized spacial score (nSPS) is 14.9. The molecule has 0 aromatic heterocycles. The Morgan fingerprint density at radius 1 is 1.20 bits per heavy atom. The minimum absolute atomic E-state index is 0.384. The SMILES string of the molecule is CCCOP(=O)(C#N)N(CCC)CCC. The maximum absolute atomic E-state index is 12.2. The molecule has 0 bridgehead atoms. The Hall–Kier alpha value is -0.360. The maximum atomic E-state index is 12.2. The Bertz CT molecular complexity index is 244. The van der Waals surface area contributed by atoms with Gasteiger partial charge in [0.25, 0.3) is 0 Å². The van der Waals surface area contributed by atoms with Crippen LogP contribution in [-0.2, 0) is 9.09 Å². The molecule has 0 fully saturated rings. The summed E-state index contributed by atoms with van der Waals surface area (Å²) < 4.78 is 19.1. The number of hydrogen-bond donors (Lipinski definition) is 0. The summed E-state index contributed by atoms with van der Waals surface area (Å²) in [6.07, 6.45) is 2.53. The molecule has 0 aromatic rings. The third-order valence-corrected chi connectivity index (χ3v) is 3.86. The van der Waals surface area contributed by atoms with Crippen molar-refractivity contribution in [2.45, 2.75) is 40.0 Å². The van der Waals surface area contributed by atoms with E-state index >= 15 is 0 Å². The van der Waals surface area contributed by atoms with Crippen molar-refractivity contribution in [2.24, 2.45) is 0 Å². The molecular formula is C10H21N2O2P. The van der Waals surface area contributed by atoms with Crippen LogP contribution in [0.4, 0.5) is 0 Å². The van der Waals surface area contributed by atoms with Crippen molar-refractivity contribution >= 4 is 7.52 Å². The van der Waals surface area contributed by atoms with Gasteiger partial charge in [-0.25, -0.2) is 4.67 Å². The first-order chi connectivity index (χ1) is 7.14. The molecule has 0 radical (unpaired) electrons. The number of nitriles is 1. The van der Waals surface area contributed by atoms with Gasteiger partial charge in [0.2, 0.25) is 0 Å². The lowest BCUT2D eigenvalue weighted by Crippen LogP contribution is -2.23. The van der Waals surface area contributed by atoms with Gasteiger partial charge in [-0.1, -0.05) is 20.8 Å². The molecule has 0 aromatic carbocycles. The van der Waals surface area contributed by atoms with Gasteiger partial charge in [-0.2, -0.15) is 5.26 Å². The van der Waals surface area contributed by atoms with E-state index in [0.29, 0.717) is 19.7 Å². The molecule has 0 heterocycles. The van der Waals surface area contributed by atoms with Crippen LogP contribution >= 0.6 is 7.52 Å². The molecule has 0 amide bonds. The summed E-state index contributed by atoms with van der Waals surface area (Å²) in [5.41, 5.74) is 0. The van der Waals surface area contributed by atoms with Crippen molar-refractivity contribution in [2.75, 3.05) is 19.7 Å². The van der Waals surface area contributed by atoms with E-state index in [9.17, 15) is 4.57 Å². The summed E-state index contributed by atoms with van der Waals surface area (Å²) in [7, 11) is -3.22. The fourth-order valence-electron chi connectivity index (χ4n) is 1.28. The van der Waals surface area contributed by atoms with Gasteiger partial charge in [-0.05, 0) is 19.3 Å². The molecule has 0 saturated carbocycles. The maximum Gasteiger partial charge on any atom is 0.371 e. The third kappa shape index (κ3) is 4.79. The Kier molecular flexibility index (Phi) is 7.68. The van der Waals surface area contributed by atoms with Crippen molar-refractivity contribution in [1.82, 2.24) is 4.67 Å². The fraction of sp³-hybridized carbons (Fsp3) is 0.900. The van der Waals surface area contributed by atoms with Crippen LogP contribution in [0.3, 0.4) is 0 Å². The molecule has 0 saturated heterocycles. The summed E-state index contributed by atoms with van der Waals surface area (Å²) in [5.74, 6) is 1.84. The number of hydrogen-bond acceptors (Lipinski definition) is 3. The molecule has 88 valence electrons. The smallest absolute Gasteiger partial charge is 0.307 e. The fourth-order valence-corrected chi connectivity index (χ4v) is 2.98. The van der Waals surface area contributed by atoms with Crippen molar-refractivity contribution in [3.05, 3.63) is 0 Å². The molecular weight excluding hydrogens is 211 g/mol. The van der Waals surface area contributed by atoms with Crippen LogP contribution in [0, 0.1) is 11.1 Å². The van der Waals surface area contributed by atoms with E-state index in [-0.39, 0.29) is 0 Å². The molecule has 0 N–H and O–H groups in total. The van der Waals surface area contributed by atoms with Crippen LogP contribution in [0.5, 0.6) is 0 Å². The lowest BCUT2D eigenvalue weighted by molar-refractivity contribution is 0.266. The first kappa shape index (κ1) is 14.6. The van der Waals surface area contributed by atoms with Gasteiger partial charge in [-0.3, -0.25) is 4.57 Å². The van der Waals surface area contributed by atoms with Gasteiger partial charge >= 0.3 is 7.52 Å². The molecule has 1 atom stereocenters. The van der Waals surface area contributed by atoms with E-state index in [1.54, 1.807) is 4.67 Å². The van der Waals surface area contributed by atoms with Gasteiger partial charge < -0.3 is 4.52 Å². The van der Waals surface area contributed by atoms with Gasteiger partial charge in [-0.15, -0.1) is 0 Å². The first-order valence-corrected chi connectivity index (χ1v) is 7.13. The summed E-state index contributed by atoms with van der Waals surface area (Å²) in [6, 6.07) is 0. The van der Waals surface area contributed by atoms with Crippen molar-refractivity contribution < 1.29 is 9.09 Å². The topological polar surface area (TPSA) is 53.3 Å². The number of nitrogens with zero attached hydrogens (tertiary/aromatic N) is 2. The van der Waals surface area contributed by atoms with Gasteiger partial charge in [0.1, 0.15) is 0 Å². The Morgan fingerprint density at radius 3 is 2.07 bits per heavy atom. The quantitative estimate of drug-likeness (QED) is 0.603. The highest BCUT2D eigenvalue weighted by Gasteiger charge is 2.30. The zero-order valence-electron chi connectivity index (χ0n) is 9.90. The predicted octanol–water partition coefficient (Wildman–Crippen LogP) is 3.21. The molecule has 0 spiro atoms. The lowest BCUT2D eigenvalue weighted by atomic mass is 10.4. The molecule has 1 unspecified atom stereocenters. The monoisotopic (exact) mass is 232 g/mol. The van der Waals surface area contributed by atoms with Crippen LogP contribution in [0.1, 0.15) is 40.0 Å². The van der Waals surface area contributed by atoms with Crippen molar-refractivity contribution in [3.63, 3.8) is 0 Å². The average Bonchev–Trinajstić information content (AvgIpc) is 2.25. The molecule has 5 heteroatoms. The summed E-state index contributed by atoms with van der Waals surface area (Å²) in [4.78, 5) is 0. The largest absolute Gasteiger partial charge is 0.371 e. The summed E-state index contributed by atoms with van der Waals surface area (Å²) in [5, 5.41) is 8.96.